The zero-order valence-electron chi connectivity index (χ0n) is 16.1. The molecule has 3 aromatic rings. The number of carbonyl (C=O) groups is 1. The molecule has 1 heterocycles. The summed E-state index contributed by atoms with van der Waals surface area (Å²) >= 11 is 0. The molecule has 6 nitrogen and oxygen atoms in total. The molecule has 0 spiro atoms. The van der Waals surface area contributed by atoms with Crippen LogP contribution in [0.3, 0.4) is 0 Å². The average Bonchev–Trinajstić information content (AvgIpc) is 2.73. The minimum Gasteiger partial charge on any atom is -0.497 e. The van der Waals surface area contributed by atoms with Gasteiger partial charge in [0.05, 0.1) is 19.5 Å². The van der Waals surface area contributed by atoms with Gasteiger partial charge >= 0.3 is 0 Å². The predicted octanol–water partition coefficient (Wildman–Crippen LogP) is 3.38. The summed E-state index contributed by atoms with van der Waals surface area (Å²) in [5, 5.41) is 6.09. The Balaban J connectivity index is 1.48. The maximum Gasteiger partial charge on any atom is 0.271 e. The molecule has 2 aromatic carbocycles. The third kappa shape index (κ3) is 5.30. The quantitative estimate of drug-likeness (QED) is 0.630. The molecule has 0 saturated carbocycles. The third-order valence-corrected chi connectivity index (χ3v) is 4.44. The van der Waals surface area contributed by atoms with Gasteiger partial charge in [0.1, 0.15) is 17.3 Å². The van der Waals surface area contributed by atoms with Gasteiger partial charge in [0.15, 0.2) is 0 Å². The fraction of sp³-hybridized carbons (Fsp3) is 0.227. The van der Waals surface area contributed by atoms with Crippen LogP contribution in [-0.4, -0.2) is 29.5 Å². The molecule has 3 rings (SSSR count). The number of benzene rings is 2. The standard InChI is InChI=1S/C22H24N4O2/c1-16-6-3-4-8-18(16)13-26-22(27)20-14-25-21(15-24-20)23-11-10-17-7-5-9-19(12-17)28-2/h3-9,12,14-15H,10-11,13H2,1-2H3,(H,23,25)(H,26,27). The molecule has 0 bridgehead atoms. The zero-order chi connectivity index (χ0) is 19.8. The van der Waals surface area contributed by atoms with E-state index in [1.807, 2.05) is 49.4 Å². The summed E-state index contributed by atoms with van der Waals surface area (Å²) in [6.07, 6.45) is 3.90. The van der Waals surface area contributed by atoms with Gasteiger partial charge in [0.2, 0.25) is 0 Å². The lowest BCUT2D eigenvalue weighted by Crippen LogP contribution is -2.24. The Hall–Kier alpha value is -3.41. The van der Waals surface area contributed by atoms with Gasteiger partial charge in [0.25, 0.3) is 5.91 Å². The summed E-state index contributed by atoms with van der Waals surface area (Å²) in [6.45, 7) is 3.20. The average molecular weight is 376 g/mol. The van der Waals surface area contributed by atoms with E-state index in [1.54, 1.807) is 13.3 Å². The predicted molar refractivity (Wildman–Crippen MR) is 110 cm³/mol. The van der Waals surface area contributed by atoms with Gasteiger partial charge in [-0.3, -0.25) is 4.79 Å². The van der Waals surface area contributed by atoms with E-state index in [9.17, 15) is 4.79 Å². The Labute approximate surface area is 165 Å². The number of amides is 1. The molecule has 6 heteroatoms. The fourth-order valence-corrected chi connectivity index (χ4v) is 2.77. The van der Waals surface area contributed by atoms with Crippen LogP contribution in [0.1, 0.15) is 27.2 Å². The van der Waals surface area contributed by atoms with Crippen molar-refractivity contribution in [2.45, 2.75) is 19.9 Å². The molecule has 0 aliphatic heterocycles. The maximum absolute atomic E-state index is 12.3. The largest absolute Gasteiger partial charge is 0.497 e. The van der Waals surface area contributed by atoms with Crippen LogP contribution >= 0.6 is 0 Å². The smallest absolute Gasteiger partial charge is 0.271 e. The van der Waals surface area contributed by atoms with Crippen molar-refractivity contribution >= 4 is 11.7 Å². The first-order chi connectivity index (χ1) is 13.7. The third-order valence-electron chi connectivity index (χ3n) is 4.44. The topological polar surface area (TPSA) is 76.1 Å². The van der Waals surface area contributed by atoms with Crippen LogP contribution in [0.25, 0.3) is 0 Å². The van der Waals surface area contributed by atoms with Crippen molar-refractivity contribution in [1.29, 1.82) is 0 Å². The number of aryl methyl sites for hydroxylation is 1. The van der Waals surface area contributed by atoms with Crippen LogP contribution in [0.2, 0.25) is 0 Å². The first-order valence-electron chi connectivity index (χ1n) is 9.17. The normalized spacial score (nSPS) is 10.4. The van der Waals surface area contributed by atoms with Gasteiger partial charge in [-0.15, -0.1) is 0 Å². The van der Waals surface area contributed by atoms with Crippen molar-refractivity contribution in [2.75, 3.05) is 19.0 Å². The van der Waals surface area contributed by atoms with Crippen molar-refractivity contribution in [2.24, 2.45) is 0 Å². The lowest BCUT2D eigenvalue weighted by molar-refractivity contribution is 0.0945. The highest BCUT2D eigenvalue weighted by Gasteiger charge is 2.08. The first-order valence-corrected chi connectivity index (χ1v) is 9.17. The van der Waals surface area contributed by atoms with E-state index < -0.39 is 0 Å². The lowest BCUT2D eigenvalue weighted by Gasteiger charge is -2.09. The van der Waals surface area contributed by atoms with Crippen molar-refractivity contribution in [3.05, 3.63) is 83.3 Å². The van der Waals surface area contributed by atoms with Crippen LogP contribution in [-0.2, 0) is 13.0 Å². The second kappa shape index (κ2) is 9.50. The molecule has 0 saturated heterocycles. The number of ether oxygens (including phenoxy) is 1. The molecule has 144 valence electrons. The van der Waals surface area contributed by atoms with Gasteiger partial charge < -0.3 is 15.4 Å². The van der Waals surface area contributed by atoms with Crippen LogP contribution in [0.4, 0.5) is 5.82 Å². The highest BCUT2D eigenvalue weighted by molar-refractivity contribution is 5.91. The summed E-state index contributed by atoms with van der Waals surface area (Å²) in [4.78, 5) is 20.7. The number of methoxy groups -OCH3 is 1. The highest BCUT2D eigenvalue weighted by atomic mass is 16.5. The van der Waals surface area contributed by atoms with Crippen LogP contribution in [0.5, 0.6) is 5.75 Å². The van der Waals surface area contributed by atoms with E-state index in [1.165, 1.54) is 11.8 Å². The van der Waals surface area contributed by atoms with Crippen LogP contribution in [0.15, 0.2) is 60.9 Å². The Morgan fingerprint density at radius 3 is 2.68 bits per heavy atom. The monoisotopic (exact) mass is 376 g/mol. The number of nitrogens with one attached hydrogen (secondary N) is 2. The molecule has 0 atom stereocenters. The second-order valence-electron chi connectivity index (χ2n) is 6.42. The maximum atomic E-state index is 12.3. The summed E-state index contributed by atoms with van der Waals surface area (Å²) < 4.78 is 5.23. The summed E-state index contributed by atoms with van der Waals surface area (Å²) in [6, 6.07) is 15.9. The van der Waals surface area contributed by atoms with E-state index in [4.69, 9.17) is 4.74 Å². The molecule has 28 heavy (non-hydrogen) atoms. The zero-order valence-corrected chi connectivity index (χ0v) is 16.1. The Bertz CT molecular complexity index is 926. The minimum absolute atomic E-state index is 0.237. The molecular weight excluding hydrogens is 352 g/mol. The van der Waals surface area contributed by atoms with E-state index in [-0.39, 0.29) is 5.91 Å². The molecule has 0 aliphatic carbocycles. The van der Waals surface area contributed by atoms with Crippen molar-refractivity contribution in [1.82, 2.24) is 15.3 Å². The van der Waals surface area contributed by atoms with E-state index in [2.05, 4.69) is 26.7 Å². The lowest BCUT2D eigenvalue weighted by atomic mass is 10.1. The van der Waals surface area contributed by atoms with Crippen LogP contribution in [0, 0.1) is 6.92 Å². The van der Waals surface area contributed by atoms with Crippen molar-refractivity contribution in [3.8, 4) is 5.75 Å². The number of nitrogens with zero attached hydrogens (tertiary/aromatic N) is 2. The summed E-state index contributed by atoms with van der Waals surface area (Å²) in [5.74, 6) is 1.25. The number of hydrogen-bond acceptors (Lipinski definition) is 5. The molecule has 0 unspecified atom stereocenters. The van der Waals surface area contributed by atoms with Gasteiger partial charge in [-0.1, -0.05) is 36.4 Å². The van der Waals surface area contributed by atoms with Crippen LogP contribution < -0.4 is 15.4 Å². The SMILES string of the molecule is COc1cccc(CCNc2cnc(C(=O)NCc3ccccc3C)cn2)c1. The minimum atomic E-state index is -0.237. The Morgan fingerprint density at radius 1 is 1.07 bits per heavy atom. The molecule has 1 amide bonds. The number of rotatable bonds is 8. The molecular formula is C22H24N4O2. The Kier molecular flexibility index (Phi) is 6.57. The van der Waals surface area contributed by atoms with Gasteiger partial charge in [0, 0.05) is 13.1 Å². The van der Waals surface area contributed by atoms with E-state index >= 15 is 0 Å². The molecule has 2 N–H and O–H groups in total. The first kappa shape index (κ1) is 19.4. The van der Waals surface area contributed by atoms with E-state index in [0.717, 1.165) is 23.3 Å². The highest BCUT2D eigenvalue weighted by Crippen LogP contribution is 2.13. The number of hydrogen-bond donors (Lipinski definition) is 2. The van der Waals surface area contributed by atoms with Crippen molar-refractivity contribution < 1.29 is 9.53 Å². The molecule has 0 radical (unpaired) electrons. The number of aromatic nitrogens is 2. The molecule has 0 aliphatic rings. The van der Waals surface area contributed by atoms with Gasteiger partial charge in [-0.25, -0.2) is 9.97 Å². The van der Waals surface area contributed by atoms with Gasteiger partial charge in [-0.05, 0) is 42.2 Å². The Morgan fingerprint density at radius 2 is 1.93 bits per heavy atom. The van der Waals surface area contributed by atoms with Crippen molar-refractivity contribution in [3.63, 3.8) is 0 Å². The fourth-order valence-electron chi connectivity index (χ4n) is 2.77. The molecule has 1 aromatic heterocycles. The number of carbonyl (C=O) groups excluding carboxylic acids is 1. The van der Waals surface area contributed by atoms with E-state index in [0.29, 0.717) is 24.6 Å². The number of anilines is 1. The second-order valence-corrected chi connectivity index (χ2v) is 6.42. The van der Waals surface area contributed by atoms with Gasteiger partial charge in [-0.2, -0.15) is 0 Å². The molecule has 0 fully saturated rings. The summed E-state index contributed by atoms with van der Waals surface area (Å²) in [7, 11) is 1.66. The summed E-state index contributed by atoms with van der Waals surface area (Å²) in [5.41, 5.74) is 3.70.